The summed E-state index contributed by atoms with van der Waals surface area (Å²) in [7, 11) is 1.65. The van der Waals surface area contributed by atoms with Gasteiger partial charge in [-0.3, -0.25) is 4.79 Å². The van der Waals surface area contributed by atoms with Gasteiger partial charge >= 0.3 is 0 Å². The summed E-state index contributed by atoms with van der Waals surface area (Å²) in [6.45, 7) is 1.12. The van der Waals surface area contributed by atoms with E-state index in [-0.39, 0.29) is 24.7 Å². The van der Waals surface area contributed by atoms with Gasteiger partial charge < -0.3 is 14.4 Å². The van der Waals surface area contributed by atoms with Crippen molar-refractivity contribution < 1.29 is 18.7 Å². The SMILES string of the molecule is CN(Cc1ccccc1F)C(=O)Cc1cc(Cl)c2c(c1)OCCO2. The van der Waals surface area contributed by atoms with Crippen LogP contribution >= 0.6 is 11.6 Å². The van der Waals surface area contributed by atoms with Crippen LogP contribution in [0.1, 0.15) is 11.1 Å². The van der Waals surface area contributed by atoms with Crippen molar-refractivity contribution in [3.63, 3.8) is 0 Å². The van der Waals surface area contributed by atoms with Gasteiger partial charge in [-0.2, -0.15) is 0 Å². The highest BCUT2D eigenvalue weighted by molar-refractivity contribution is 6.32. The van der Waals surface area contributed by atoms with Crippen LogP contribution < -0.4 is 9.47 Å². The molecule has 0 bridgehead atoms. The normalized spacial score (nSPS) is 12.8. The molecule has 0 unspecified atom stereocenters. The fourth-order valence-corrected chi connectivity index (χ4v) is 2.83. The summed E-state index contributed by atoms with van der Waals surface area (Å²) in [5.41, 5.74) is 1.21. The number of nitrogens with zero attached hydrogens (tertiary/aromatic N) is 1. The zero-order valence-corrected chi connectivity index (χ0v) is 14.0. The smallest absolute Gasteiger partial charge is 0.227 e. The minimum Gasteiger partial charge on any atom is -0.486 e. The van der Waals surface area contributed by atoms with Gasteiger partial charge in [-0.05, 0) is 23.8 Å². The van der Waals surface area contributed by atoms with Crippen LogP contribution in [0.2, 0.25) is 5.02 Å². The Balaban J connectivity index is 1.70. The van der Waals surface area contributed by atoms with E-state index in [4.69, 9.17) is 21.1 Å². The first kappa shape index (κ1) is 16.6. The molecule has 24 heavy (non-hydrogen) atoms. The third kappa shape index (κ3) is 3.62. The molecule has 3 rings (SSSR count). The molecular weight excluding hydrogens is 333 g/mol. The molecule has 0 aliphatic carbocycles. The first-order valence-corrected chi connectivity index (χ1v) is 7.98. The van der Waals surface area contributed by atoms with Gasteiger partial charge in [0.05, 0.1) is 11.4 Å². The zero-order valence-electron chi connectivity index (χ0n) is 13.2. The molecule has 0 radical (unpaired) electrons. The van der Waals surface area contributed by atoms with Crippen molar-refractivity contribution in [1.82, 2.24) is 4.90 Å². The summed E-state index contributed by atoms with van der Waals surface area (Å²) in [5.74, 6) is 0.609. The molecule has 0 N–H and O–H groups in total. The Morgan fingerprint density at radius 1 is 1.25 bits per heavy atom. The molecule has 6 heteroatoms. The average molecular weight is 350 g/mol. The molecule has 1 heterocycles. The Hall–Kier alpha value is -2.27. The number of hydrogen-bond acceptors (Lipinski definition) is 3. The van der Waals surface area contributed by atoms with Crippen LogP contribution in [0, 0.1) is 5.82 Å². The van der Waals surface area contributed by atoms with Gasteiger partial charge in [-0.1, -0.05) is 29.8 Å². The average Bonchev–Trinajstić information content (AvgIpc) is 2.57. The number of rotatable bonds is 4. The summed E-state index contributed by atoms with van der Waals surface area (Å²) in [6.07, 6.45) is 0.154. The minimum atomic E-state index is -0.320. The first-order valence-electron chi connectivity index (χ1n) is 7.60. The fraction of sp³-hybridized carbons (Fsp3) is 0.278. The standard InChI is InChI=1S/C18H17ClFNO3/c1-21(11-13-4-2-3-5-15(13)20)17(22)10-12-8-14(19)18-16(9-12)23-6-7-24-18/h2-5,8-9H,6-7,10-11H2,1H3. The van der Waals surface area contributed by atoms with Crippen molar-refractivity contribution in [2.24, 2.45) is 0 Å². The molecule has 2 aromatic carbocycles. The number of ether oxygens (including phenoxy) is 2. The Bertz CT molecular complexity index is 766. The van der Waals surface area contributed by atoms with Gasteiger partial charge in [0, 0.05) is 19.2 Å². The monoisotopic (exact) mass is 349 g/mol. The quantitative estimate of drug-likeness (QED) is 0.848. The lowest BCUT2D eigenvalue weighted by Gasteiger charge is -2.21. The number of carbonyl (C=O) groups is 1. The molecule has 1 aliphatic heterocycles. The third-order valence-electron chi connectivity index (χ3n) is 3.80. The number of amides is 1. The number of halogens is 2. The summed E-state index contributed by atoms with van der Waals surface area (Å²) in [4.78, 5) is 13.9. The molecule has 0 aromatic heterocycles. The maximum absolute atomic E-state index is 13.7. The van der Waals surface area contributed by atoms with Crippen LogP contribution in [0.15, 0.2) is 36.4 Å². The lowest BCUT2D eigenvalue weighted by molar-refractivity contribution is -0.129. The second-order valence-corrected chi connectivity index (χ2v) is 6.03. The second-order valence-electron chi connectivity index (χ2n) is 5.62. The van der Waals surface area contributed by atoms with Crippen molar-refractivity contribution in [2.45, 2.75) is 13.0 Å². The highest BCUT2D eigenvalue weighted by Gasteiger charge is 2.19. The van der Waals surface area contributed by atoms with E-state index in [1.165, 1.54) is 11.0 Å². The van der Waals surface area contributed by atoms with Crippen molar-refractivity contribution in [3.05, 3.63) is 58.4 Å². The van der Waals surface area contributed by atoms with E-state index in [9.17, 15) is 9.18 Å². The van der Waals surface area contributed by atoms with Gasteiger partial charge in [0.2, 0.25) is 5.91 Å². The Kier molecular flexibility index (Phi) is 4.90. The number of carbonyl (C=O) groups excluding carboxylic acids is 1. The van der Waals surface area contributed by atoms with Gasteiger partial charge in [-0.25, -0.2) is 4.39 Å². The number of fused-ring (bicyclic) bond motifs is 1. The van der Waals surface area contributed by atoms with E-state index in [0.717, 1.165) is 5.56 Å². The van der Waals surface area contributed by atoms with Gasteiger partial charge in [0.15, 0.2) is 11.5 Å². The van der Waals surface area contributed by atoms with Gasteiger partial charge in [0.1, 0.15) is 19.0 Å². The zero-order chi connectivity index (χ0) is 17.1. The highest BCUT2D eigenvalue weighted by Crippen LogP contribution is 2.38. The van der Waals surface area contributed by atoms with Crippen LogP contribution in [0.25, 0.3) is 0 Å². The predicted octanol–water partition coefficient (Wildman–Crippen LogP) is 3.45. The molecule has 0 saturated heterocycles. The second kappa shape index (κ2) is 7.09. The van der Waals surface area contributed by atoms with E-state index >= 15 is 0 Å². The number of likely N-dealkylation sites (N-methyl/N-ethyl adjacent to an activating group) is 1. The minimum absolute atomic E-state index is 0.133. The molecule has 0 saturated carbocycles. The first-order chi connectivity index (χ1) is 11.5. The van der Waals surface area contributed by atoms with Crippen LogP contribution in [0.4, 0.5) is 4.39 Å². The van der Waals surface area contributed by atoms with E-state index in [1.807, 2.05) is 0 Å². The topological polar surface area (TPSA) is 38.8 Å². The van der Waals surface area contributed by atoms with Crippen LogP contribution in [-0.2, 0) is 17.8 Å². The molecule has 0 atom stereocenters. The van der Waals surface area contributed by atoms with E-state index in [1.54, 1.807) is 37.4 Å². The van der Waals surface area contributed by atoms with Crippen LogP contribution in [-0.4, -0.2) is 31.1 Å². The van der Waals surface area contributed by atoms with E-state index in [2.05, 4.69) is 0 Å². The molecular formula is C18H17ClFNO3. The molecule has 126 valence electrons. The molecule has 1 amide bonds. The Morgan fingerprint density at radius 3 is 2.79 bits per heavy atom. The predicted molar refractivity (Wildman–Crippen MR) is 89.0 cm³/mol. The summed E-state index contributed by atoms with van der Waals surface area (Å²) in [5, 5.41) is 0.423. The molecule has 0 spiro atoms. The van der Waals surface area contributed by atoms with Crippen molar-refractivity contribution in [1.29, 1.82) is 0 Å². The molecule has 0 fully saturated rings. The molecule has 2 aromatic rings. The van der Waals surface area contributed by atoms with Crippen molar-refractivity contribution in [2.75, 3.05) is 20.3 Å². The summed E-state index contributed by atoms with van der Waals surface area (Å²) in [6, 6.07) is 9.88. The number of hydrogen-bond donors (Lipinski definition) is 0. The maximum Gasteiger partial charge on any atom is 0.227 e. The fourth-order valence-electron chi connectivity index (χ4n) is 2.55. The van der Waals surface area contributed by atoms with Crippen LogP contribution in [0.3, 0.4) is 0 Å². The summed E-state index contributed by atoms with van der Waals surface area (Å²) < 4.78 is 24.7. The van der Waals surface area contributed by atoms with Gasteiger partial charge in [0.25, 0.3) is 0 Å². The third-order valence-corrected chi connectivity index (χ3v) is 4.08. The largest absolute Gasteiger partial charge is 0.486 e. The maximum atomic E-state index is 13.7. The Labute approximate surface area is 144 Å². The molecule has 4 nitrogen and oxygen atoms in total. The highest BCUT2D eigenvalue weighted by atomic mass is 35.5. The number of benzene rings is 2. The van der Waals surface area contributed by atoms with E-state index < -0.39 is 0 Å². The van der Waals surface area contributed by atoms with Crippen molar-refractivity contribution >= 4 is 17.5 Å². The van der Waals surface area contributed by atoms with Gasteiger partial charge in [-0.15, -0.1) is 0 Å². The Morgan fingerprint density at radius 2 is 2.00 bits per heavy atom. The molecule has 1 aliphatic rings. The van der Waals surface area contributed by atoms with Crippen LogP contribution in [0.5, 0.6) is 11.5 Å². The summed E-state index contributed by atoms with van der Waals surface area (Å²) >= 11 is 6.18. The van der Waals surface area contributed by atoms with E-state index in [0.29, 0.717) is 35.3 Å². The lowest BCUT2D eigenvalue weighted by atomic mass is 10.1. The lowest BCUT2D eigenvalue weighted by Crippen LogP contribution is -2.28. The van der Waals surface area contributed by atoms with Crippen molar-refractivity contribution in [3.8, 4) is 11.5 Å².